The Kier molecular flexibility index (Phi) is 4.48. The molecule has 24 heavy (non-hydrogen) atoms. The van der Waals surface area contributed by atoms with Gasteiger partial charge in [0.05, 0.1) is 24.3 Å². The van der Waals surface area contributed by atoms with Crippen molar-refractivity contribution in [1.82, 2.24) is 4.57 Å². The summed E-state index contributed by atoms with van der Waals surface area (Å²) >= 11 is 0. The van der Waals surface area contributed by atoms with Crippen LogP contribution in [0.3, 0.4) is 0 Å². The minimum Gasteiger partial charge on any atom is -0.378 e. The van der Waals surface area contributed by atoms with Gasteiger partial charge in [0.25, 0.3) is 11.6 Å². The largest absolute Gasteiger partial charge is 0.378 e. The lowest BCUT2D eigenvalue weighted by molar-refractivity contribution is -0.384. The van der Waals surface area contributed by atoms with E-state index >= 15 is 0 Å². The van der Waals surface area contributed by atoms with E-state index in [1.165, 1.54) is 16.8 Å². The molecule has 8 nitrogen and oxygen atoms in total. The fourth-order valence-corrected chi connectivity index (χ4v) is 2.64. The molecule has 1 aromatic carbocycles. The van der Waals surface area contributed by atoms with Gasteiger partial charge in [0.2, 0.25) is 0 Å². The van der Waals surface area contributed by atoms with E-state index in [0.29, 0.717) is 18.9 Å². The van der Waals surface area contributed by atoms with E-state index in [-0.39, 0.29) is 17.3 Å². The zero-order valence-corrected chi connectivity index (χ0v) is 13.3. The Morgan fingerprint density at radius 2 is 1.92 bits per heavy atom. The van der Waals surface area contributed by atoms with E-state index in [0.717, 1.165) is 18.8 Å². The molecule has 0 aliphatic carbocycles. The van der Waals surface area contributed by atoms with Crippen molar-refractivity contribution in [2.24, 2.45) is 7.05 Å². The highest BCUT2D eigenvalue weighted by atomic mass is 16.6. The monoisotopic (exact) mass is 330 g/mol. The highest BCUT2D eigenvalue weighted by Gasteiger charge is 2.18. The first-order valence-corrected chi connectivity index (χ1v) is 7.59. The van der Waals surface area contributed by atoms with Crippen molar-refractivity contribution in [3.63, 3.8) is 0 Å². The maximum atomic E-state index is 12.3. The van der Waals surface area contributed by atoms with E-state index in [4.69, 9.17) is 4.74 Å². The molecule has 3 rings (SSSR count). The number of nitrogens with zero attached hydrogens (tertiary/aromatic N) is 3. The van der Waals surface area contributed by atoms with Gasteiger partial charge in [-0.3, -0.25) is 14.9 Å². The lowest BCUT2D eigenvalue weighted by atomic mass is 10.2. The quantitative estimate of drug-likeness (QED) is 0.684. The standard InChI is InChI=1S/C16H18N4O4/c1-18-11-14(20(22)23)10-15(18)16(21)17-12-2-4-13(5-3-12)19-6-8-24-9-7-19/h2-5,10-11H,6-9H2,1H3,(H,17,21). The number of aromatic nitrogens is 1. The molecule has 0 radical (unpaired) electrons. The van der Waals surface area contributed by atoms with E-state index in [1.54, 1.807) is 7.05 Å². The van der Waals surface area contributed by atoms with Crippen molar-refractivity contribution in [3.8, 4) is 0 Å². The van der Waals surface area contributed by atoms with Gasteiger partial charge in [0.15, 0.2) is 0 Å². The normalized spacial score (nSPS) is 14.5. The Morgan fingerprint density at radius 1 is 1.25 bits per heavy atom. The van der Waals surface area contributed by atoms with Crippen LogP contribution >= 0.6 is 0 Å². The second-order valence-corrected chi connectivity index (χ2v) is 5.55. The van der Waals surface area contributed by atoms with Crippen LogP contribution in [-0.4, -0.2) is 41.7 Å². The molecule has 1 amide bonds. The number of hydrogen-bond donors (Lipinski definition) is 1. The number of nitro groups is 1. The number of amides is 1. The van der Waals surface area contributed by atoms with Gasteiger partial charge >= 0.3 is 0 Å². The Labute approximate surface area is 138 Å². The number of anilines is 2. The molecule has 1 aliphatic heterocycles. The molecule has 8 heteroatoms. The molecule has 1 aromatic heterocycles. The van der Waals surface area contributed by atoms with Crippen molar-refractivity contribution < 1.29 is 14.5 Å². The summed E-state index contributed by atoms with van der Waals surface area (Å²) in [5.41, 5.74) is 1.84. The Morgan fingerprint density at radius 3 is 2.50 bits per heavy atom. The Balaban J connectivity index is 1.69. The summed E-state index contributed by atoms with van der Waals surface area (Å²) in [6, 6.07) is 8.78. The summed E-state index contributed by atoms with van der Waals surface area (Å²) in [6.07, 6.45) is 1.32. The fourth-order valence-electron chi connectivity index (χ4n) is 2.64. The van der Waals surface area contributed by atoms with Crippen LogP contribution in [0, 0.1) is 10.1 Å². The summed E-state index contributed by atoms with van der Waals surface area (Å²) in [4.78, 5) is 24.8. The zero-order valence-electron chi connectivity index (χ0n) is 13.3. The smallest absolute Gasteiger partial charge is 0.287 e. The number of carbonyl (C=O) groups excluding carboxylic acids is 1. The van der Waals surface area contributed by atoms with Crippen LogP contribution in [-0.2, 0) is 11.8 Å². The number of carbonyl (C=O) groups is 1. The summed E-state index contributed by atoms with van der Waals surface area (Å²) in [5.74, 6) is -0.385. The summed E-state index contributed by atoms with van der Waals surface area (Å²) in [5, 5.41) is 13.5. The van der Waals surface area contributed by atoms with Gasteiger partial charge in [-0.05, 0) is 24.3 Å². The SMILES string of the molecule is Cn1cc([N+](=O)[O-])cc1C(=O)Nc1ccc(N2CCOCC2)cc1. The number of benzene rings is 1. The first-order valence-electron chi connectivity index (χ1n) is 7.59. The van der Waals surface area contributed by atoms with Gasteiger partial charge in [0.1, 0.15) is 5.69 Å². The number of hydrogen-bond acceptors (Lipinski definition) is 5. The average Bonchev–Trinajstić information content (AvgIpc) is 2.99. The van der Waals surface area contributed by atoms with Crippen molar-refractivity contribution in [2.75, 3.05) is 36.5 Å². The van der Waals surface area contributed by atoms with Crippen LogP contribution in [0.15, 0.2) is 36.5 Å². The number of ether oxygens (including phenoxy) is 1. The van der Waals surface area contributed by atoms with E-state index < -0.39 is 4.92 Å². The molecule has 0 atom stereocenters. The molecule has 2 aromatic rings. The van der Waals surface area contributed by atoms with Crippen molar-refractivity contribution in [1.29, 1.82) is 0 Å². The lowest BCUT2D eigenvalue weighted by Crippen LogP contribution is -2.36. The maximum absolute atomic E-state index is 12.3. The molecule has 1 fully saturated rings. The Hall–Kier alpha value is -2.87. The number of nitrogens with one attached hydrogen (secondary N) is 1. The number of morpholine rings is 1. The highest BCUT2D eigenvalue weighted by molar-refractivity contribution is 6.03. The van der Waals surface area contributed by atoms with Crippen LogP contribution in [0.25, 0.3) is 0 Å². The van der Waals surface area contributed by atoms with Crippen LogP contribution in [0.2, 0.25) is 0 Å². The highest BCUT2D eigenvalue weighted by Crippen LogP contribution is 2.20. The predicted molar refractivity (Wildman–Crippen MR) is 89.5 cm³/mol. The van der Waals surface area contributed by atoms with Gasteiger partial charge in [-0.2, -0.15) is 0 Å². The third-order valence-electron chi connectivity index (χ3n) is 3.94. The third kappa shape index (κ3) is 3.38. The second-order valence-electron chi connectivity index (χ2n) is 5.55. The Bertz CT molecular complexity index is 748. The van der Waals surface area contributed by atoms with E-state index in [9.17, 15) is 14.9 Å². The molecular weight excluding hydrogens is 312 g/mol. The van der Waals surface area contributed by atoms with Crippen LogP contribution in [0.1, 0.15) is 10.5 Å². The first-order chi connectivity index (χ1) is 11.5. The van der Waals surface area contributed by atoms with Gasteiger partial charge in [-0.1, -0.05) is 0 Å². The molecule has 1 N–H and O–H groups in total. The molecule has 0 bridgehead atoms. The predicted octanol–water partition coefficient (Wildman–Crippen LogP) is 2.02. The van der Waals surface area contributed by atoms with Gasteiger partial charge < -0.3 is 19.5 Å². The molecular formula is C16H18N4O4. The van der Waals surface area contributed by atoms with Gasteiger partial charge in [-0.15, -0.1) is 0 Å². The van der Waals surface area contributed by atoms with Crippen molar-refractivity contribution >= 4 is 23.0 Å². The molecule has 0 spiro atoms. The van der Waals surface area contributed by atoms with E-state index in [1.807, 2.05) is 24.3 Å². The zero-order chi connectivity index (χ0) is 17.1. The van der Waals surface area contributed by atoms with Crippen LogP contribution < -0.4 is 10.2 Å². The van der Waals surface area contributed by atoms with Crippen LogP contribution in [0.5, 0.6) is 0 Å². The lowest BCUT2D eigenvalue weighted by Gasteiger charge is -2.28. The molecule has 126 valence electrons. The minimum atomic E-state index is -0.520. The molecule has 0 unspecified atom stereocenters. The van der Waals surface area contributed by atoms with Gasteiger partial charge in [-0.25, -0.2) is 0 Å². The first kappa shape index (κ1) is 16.0. The van der Waals surface area contributed by atoms with Crippen LogP contribution in [0.4, 0.5) is 17.1 Å². The third-order valence-corrected chi connectivity index (χ3v) is 3.94. The minimum absolute atomic E-state index is 0.106. The second kappa shape index (κ2) is 6.71. The summed E-state index contributed by atoms with van der Waals surface area (Å²) in [7, 11) is 1.60. The summed E-state index contributed by atoms with van der Waals surface area (Å²) < 4.78 is 6.77. The van der Waals surface area contributed by atoms with Crippen molar-refractivity contribution in [3.05, 3.63) is 52.3 Å². The fraction of sp³-hybridized carbons (Fsp3) is 0.312. The molecule has 2 heterocycles. The number of aryl methyl sites for hydroxylation is 1. The number of rotatable bonds is 4. The average molecular weight is 330 g/mol. The summed E-state index contributed by atoms with van der Waals surface area (Å²) in [6.45, 7) is 3.12. The molecule has 1 saturated heterocycles. The molecule has 0 saturated carbocycles. The topological polar surface area (TPSA) is 89.6 Å². The van der Waals surface area contributed by atoms with E-state index in [2.05, 4.69) is 10.2 Å². The maximum Gasteiger partial charge on any atom is 0.287 e. The van der Waals surface area contributed by atoms with Crippen molar-refractivity contribution in [2.45, 2.75) is 0 Å². The van der Waals surface area contributed by atoms with Gasteiger partial charge in [0, 0.05) is 37.6 Å². The molecule has 1 aliphatic rings.